The van der Waals surface area contributed by atoms with Crippen LogP contribution in [0.25, 0.3) is 10.9 Å². The predicted molar refractivity (Wildman–Crippen MR) is 163 cm³/mol. The summed E-state index contributed by atoms with van der Waals surface area (Å²) in [5, 5.41) is 38.5. The standard InChI is InChI=1S/C33H32F3N9/c1-19-20(13-37)5-4-6-25(19)30(27-17-45(44-43-27)32(9-10-32)23-7-8-23)42-24-11-21(14-38)28-26(12-24)29(22(15-39)16-40-28)41-18-31(2,3)33(34,35)36/h4-6,11-12,16-17,23,30,42-44H,7-10,18H2,1-3H3,(H,40,41)/t30-/m0/s1. The zero-order valence-electron chi connectivity index (χ0n) is 25.1. The van der Waals surface area contributed by atoms with Crippen LogP contribution in [-0.2, 0) is 0 Å². The molecule has 2 aliphatic carbocycles. The number of anilines is 2. The number of halogens is 3. The lowest BCUT2D eigenvalue weighted by molar-refractivity contribution is -0.206. The minimum atomic E-state index is -4.48. The topological polar surface area (TPSA) is 136 Å². The Morgan fingerprint density at radius 3 is 2.40 bits per heavy atom. The van der Waals surface area contributed by atoms with E-state index in [1.807, 2.05) is 25.1 Å². The van der Waals surface area contributed by atoms with Crippen molar-refractivity contribution in [3.8, 4) is 18.2 Å². The fourth-order valence-electron chi connectivity index (χ4n) is 6.04. The van der Waals surface area contributed by atoms with Gasteiger partial charge in [-0.1, -0.05) is 12.1 Å². The number of nitrogens with zero attached hydrogens (tertiary/aromatic N) is 5. The summed E-state index contributed by atoms with van der Waals surface area (Å²) in [5.74, 6) is 0.645. The Morgan fingerprint density at radius 2 is 1.78 bits per heavy atom. The number of rotatable bonds is 9. The van der Waals surface area contributed by atoms with Crippen LogP contribution in [0.3, 0.4) is 0 Å². The number of hydrogen-bond donors (Lipinski definition) is 4. The van der Waals surface area contributed by atoms with Crippen molar-refractivity contribution >= 4 is 22.3 Å². The molecule has 0 unspecified atom stereocenters. The minimum absolute atomic E-state index is 0.0606. The van der Waals surface area contributed by atoms with E-state index >= 15 is 0 Å². The van der Waals surface area contributed by atoms with Crippen molar-refractivity contribution in [3.05, 3.63) is 76.2 Å². The van der Waals surface area contributed by atoms with Gasteiger partial charge in [-0.25, -0.2) is 0 Å². The fraction of sp³-hybridized carbons (Fsp3) is 0.394. The summed E-state index contributed by atoms with van der Waals surface area (Å²) in [5.41, 5.74) is 8.76. The highest BCUT2D eigenvalue weighted by atomic mass is 19.4. The van der Waals surface area contributed by atoms with Gasteiger partial charge < -0.3 is 16.1 Å². The molecule has 2 fully saturated rings. The van der Waals surface area contributed by atoms with Gasteiger partial charge in [0.25, 0.3) is 0 Å². The van der Waals surface area contributed by atoms with Crippen molar-refractivity contribution in [2.75, 3.05) is 17.2 Å². The lowest BCUT2D eigenvalue weighted by atomic mass is 9.92. The third-order valence-electron chi connectivity index (χ3n) is 9.28. The maximum atomic E-state index is 13.7. The first kappa shape index (κ1) is 30.1. The van der Waals surface area contributed by atoms with Gasteiger partial charge in [0.05, 0.1) is 56.7 Å². The van der Waals surface area contributed by atoms with E-state index in [2.05, 4.69) is 49.9 Å². The van der Waals surface area contributed by atoms with Gasteiger partial charge in [0.2, 0.25) is 0 Å². The summed E-state index contributed by atoms with van der Waals surface area (Å²) in [6.45, 7) is 3.55. The summed E-state index contributed by atoms with van der Waals surface area (Å²) in [4.78, 5) is 4.32. The number of alkyl halides is 3. The Labute approximate surface area is 259 Å². The van der Waals surface area contributed by atoms with E-state index in [9.17, 15) is 29.0 Å². The molecule has 0 saturated heterocycles. The van der Waals surface area contributed by atoms with Crippen LogP contribution >= 0.6 is 0 Å². The summed E-state index contributed by atoms with van der Waals surface area (Å²) in [6.07, 6.45) is 3.44. The Hall–Kier alpha value is -4.99. The van der Waals surface area contributed by atoms with Crippen LogP contribution in [0.2, 0.25) is 0 Å². The molecule has 1 aromatic heterocycles. The van der Waals surface area contributed by atoms with Gasteiger partial charge in [0, 0.05) is 30.0 Å². The summed E-state index contributed by atoms with van der Waals surface area (Å²) in [6, 6.07) is 14.7. The number of pyridine rings is 1. The highest BCUT2D eigenvalue weighted by molar-refractivity contribution is 5.99. The van der Waals surface area contributed by atoms with Crippen molar-refractivity contribution in [2.24, 2.45) is 11.3 Å². The van der Waals surface area contributed by atoms with E-state index in [1.54, 1.807) is 18.2 Å². The summed E-state index contributed by atoms with van der Waals surface area (Å²) in [7, 11) is 0. The van der Waals surface area contributed by atoms with Crippen molar-refractivity contribution < 1.29 is 13.2 Å². The average molecular weight is 612 g/mol. The molecule has 4 N–H and O–H groups in total. The molecule has 9 nitrogen and oxygen atoms in total. The van der Waals surface area contributed by atoms with Gasteiger partial charge in [-0.2, -0.15) is 29.0 Å². The van der Waals surface area contributed by atoms with Gasteiger partial charge >= 0.3 is 6.18 Å². The number of fused-ring (bicyclic) bond motifs is 1. The molecular formula is C33H32F3N9. The molecule has 2 saturated carbocycles. The van der Waals surface area contributed by atoms with Crippen molar-refractivity contribution in [1.82, 2.24) is 21.0 Å². The second-order valence-corrected chi connectivity index (χ2v) is 12.7. The van der Waals surface area contributed by atoms with Crippen molar-refractivity contribution in [1.29, 1.82) is 15.8 Å². The first-order valence-electron chi connectivity index (χ1n) is 14.8. The molecule has 0 radical (unpaired) electrons. The maximum Gasteiger partial charge on any atom is 0.395 e. The molecule has 0 spiro atoms. The van der Waals surface area contributed by atoms with Crippen LogP contribution in [-0.4, -0.2) is 28.3 Å². The number of hydrazine groups is 2. The Balaban J connectivity index is 1.44. The molecule has 3 aliphatic rings. The monoisotopic (exact) mass is 611 g/mol. The van der Waals surface area contributed by atoms with E-state index in [4.69, 9.17) is 0 Å². The number of benzene rings is 2. The zero-order valence-corrected chi connectivity index (χ0v) is 25.1. The van der Waals surface area contributed by atoms with Crippen LogP contribution < -0.4 is 21.6 Å². The van der Waals surface area contributed by atoms with E-state index in [-0.39, 0.29) is 27.9 Å². The van der Waals surface area contributed by atoms with E-state index in [1.165, 1.54) is 19.0 Å². The molecule has 0 bridgehead atoms. The molecule has 1 atom stereocenters. The molecule has 45 heavy (non-hydrogen) atoms. The van der Waals surface area contributed by atoms with E-state index < -0.39 is 24.2 Å². The predicted octanol–water partition coefficient (Wildman–Crippen LogP) is 6.42. The molecule has 6 rings (SSSR count). The third kappa shape index (κ3) is 5.34. The van der Waals surface area contributed by atoms with Gasteiger partial charge in [-0.3, -0.25) is 9.99 Å². The van der Waals surface area contributed by atoms with E-state index in [0.29, 0.717) is 22.6 Å². The highest BCUT2D eigenvalue weighted by Gasteiger charge is 2.58. The lowest BCUT2D eigenvalue weighted by Gasteiger charge is -2.29. The molecule has 12 heteroatoms. The van der Waals surface area contributed by atoms with Gasteiger partial charge in [-0.15, -0.1) is 5.53 Å². The number of nitrogens with one attached hydrogen (secondary N) is 4. The molecule has 1 aliphatic heterocycles. The third-order valence-corrected chi connectivity index (χ3v) is 9.28. The smallest absolute Gasteiger partial charge is 0.382 e. The van der Waals surface area contributed by atoms with Gasteiger partial charge in [-0.05, 0) is 81.7 Å². The van der Waals surface area contributed by atoms with Gasteiger partial charge in [0.1, 0.15) is 12.1 Å². The normalized spacial score (nSPS) is 17.8. The molecule has 230 valence electrons. The average Bonchev–Trinajstić information content (AvgIpc) is 3.95. The van der Waals surface area contributed by atoms with Crippen LogP contribution in [0.1, 0.15) is 73.4 Å². The van der Waals surface area contributed by atoms with Crippen LogP contribution in [0, 0.1) is 52.2 Å². The van der Waals surface area contributed by atoms with Crippen molar-refractivity contribution in [3.63, 3.8) is 0 Å². The SMILES string of the molecule is Cc1c(C#N)cccc1[C@H](Nc1cc(C#N)c2ncc(C#N)c(NCC(C)(C)C(F)(F)F)c2c1)C1=CN(C2(C3CC3)CC2)NN1. The first-order valence-corrected chi connectivity index (χ1v) is 14.8. The second kappa shape index (κ2) is 10.9. The van der Waals surface area contributed by atoms with Crippen LogP contribution in [0.5, 0.6) is 0 Å². The second-order valence-electron chi connectivity index (χ2n) is 12.7. The highest BCUT2D eigenvalue weighted by Crippen LogP contribution is 2.57. The Morgan fingerprint density at radius 1 is 1.07 bits per heavy atom. The largest absolute Gasteiger partial charge is 0.395 e. The molecular weight excluding hydrogens is 579 g/mol. The first-order chi connectivity index (χ1) is 21.4. The lowest BCUT2D eigenvalue weighted by Crippen LogP contribution is -2.46. The fourth-order valence-corrected chi connectivity index (χ4v) is 6.04. The molecule has 2 heterocycles. The summed E-state index contributed by atoms with van der Waals surface area (Å²) < 4.78 is 41.1. The van der Waals surface area contributed by atoms with Crippen molar-refractivity contribution in [2.45, 2.75) is 64.2 Å². The van der Waals surface area contributed by atoms with Gasteiger partial charge in [0.15, 0.2) is 0 Å². The zero-order chi connectivity index (χ0) is 32.1. The maximum absolute atomic E-state index is 13.7. The number of hydrogen-bond acceptors (Lipinski definition) is 9. The molecule has 2 aromatic carbocycles. The minimum Gasteiger partial charge on any atom is -0.382 e. The number of aromatic nitrogens is 1. The van der Waals surface area contributed by atoms with Crippen LogP contribution in [0.15, 0.2) is 48.4 Å². The van der Waals surface area contributed by atoms with E-state index in [0.717, 1.165) is 43.5 Å². The number of nitriles is 3. The van der Waals surface area contributed by atoms with Crippen LogP contribution in [0.4, 0.5) is 24.5 Å². The molecule has 0 amide bonds. The quantitative estimate of drug-likeness (QED) is 0.216. The Kier molecular flexibility index (Phi) is 7.26. The summed E-state index contributed by atoms with van der Waals surface area (Å²) >= 11 is 0. The Bertz CT molecular complexity index is 1830. The molecule has 3 aromatic rings.